The lowest BCUT2D eigenvalue weighted by molar-refractivity contribution is -0.131. The topological polar surface area (TPSA) is 84.2 Å². The molecule has 108 valence electrons. The summed E-state index contributed by atoms with van der Waals surface area (Å²) in [5, 5.41) is 5.65. The molecule has 1 aliphatic carbocycles. The van der Waals surface area contributed by atoms with Crippen molar-refractivity contribution in [3.8, 4) is 0 Å². The van der Waals surface area contributed by atoms with Crippen molar-refractivity contribution in [2.45, 2.75) is 57.4 Å². The molecule has 0 radical (unpaired) electrons. The van der Waals surface area contributed by atoms with E-state index in [9.17, 15) is 9.59 Å². The van der Waals surface area contributed by atoms with Gasteiger partial charge in [0.05, 0.1) is 0 Å². The van der Waals surface area contributed by atoms with E-state index in [2.05, 4.69) is 10.6 Å². The van der Waals surface area contributed by atoms with Gasteiger partial charge in [0.1, 0.15) is 6.04 Å². The Labute approximate surface area is 114 Å². The lowest BCUT2D eigenvalue weighted by Crippen LogP contribution is -2.51. The minimum atomic E-state index is -0.348. The Hall–Kier alpha value is -1.10. The number of nitrogens with two attached hydrogens (primary N) is 1. The summed E-state index contributed by atoms with van der Waals surface area (Å²) < 4.78 is 0. The van der Waals surface area contributed by atoms with Crippen molar-refractivity contribution in [2.75, 3.05) is 13.1 Å². The third-order valence-corrected chi connectivity index (χ3v) is 4.50. The minimum absolute atomic E-state index is 0.0191. The van der Waals surface area contributed by atoms with Gasteiger partial charge in [-0.15, -0.1) is 0 Å². The monoisotopic (exact) mass is 267 g/mol. The number of hydrogen-bond donors (Lipinski definition) is 3. The number of nitrogens with one attached hydrogen (secondary N) is 2. The Morgan fingerprint density at radius 2 is 2.05 bits per heavy atom. The fourth-order valence-corrected chi connectivity index (χ4v) is 3.25. The van der Waals surface area contributed by atoms with E-state index in [4.69, 9.17) is 5.73 Å². The lowest BCUT2D eigenvalue weighted by Gasteiger charge is -2.36. The van der Waals surface area contributed by atoms with Crippen LogP contribution in [-0.4, -0.2) is 30.9 Å². The minimum Gasteiger partial charge on any atom is -0.354 e. The molecule has 1 unspecified atom stereocenters. The van der Waals surface area contributed by atoms with Crippen molar-refractivity contribution in [1.82, 2.24) is 10.6 Å². The first-order valence-corrected chi connectivity index (χ1v) is 7.42. The zero-order valence-corrected chi connectivity index (χ0v) is 11.5. The van der Waals surface area contributed by atoms with Crippen molar-refractivity contribution in [1.29, 1.82) is 0 Å². The van der Waals surface area contributed by atoms with Crippen molar-refractivity contribution >= 4 is 11.8 Å². The Kier molecular flexibility index (Phi) is 4.80. The molecule has 0 aromatic carbocycles. The summed E-state index contributed by atoms with van der Waals surface area (Å²) in [4.78, 5) is 23.8. The van der Waals surface area contributed by atoms with E-state index in [0.29, 0.717) is 13.0 Å². The third-order valence-electron chi connectivity index (χ3n) is 4.50. The molecule has 2 aliphatic rings. The zero-order valence-electron chi connectivity index (χ0n) is 11.5. The molecule has 1 aliphatic heterocycles. The largest absolute Gasteiger partial charge is 0.354 e. The van der Waals surface area contributed by atoms with Crippen LogP contribution < -0.4 is 16.4 Å². The van der Waals surface area contributed by atoms with Gasteiger partial charge in [0, 0.05) is 13.0 Å². The van der Waals surface area contributed by atoms with E-state index in [1.54, 1.807) is 0 Å². The summed E-state index contributed by atoms with van der Waals surface area (Å²) in [7, 11) is 0. The van der Waals surface area contributed by atoms with E-state index in [-0.39, 0.29) is 23.3 Å². The predicted octanol–water partition coefficient (Wildman–Crippen LogP) is 0.680. The highest BCUT2D eigenvalue weighted by atomic mass is 16.2. The first-order chi connectivity index (χ1) is 9.15. The van der Waals surface area contributed by atoms with Gasteiger partial charge < -0.3 is 16.4 Å². The van der Waals surface area contributed by atoms with Gasteiger partial charge in [0.2, 0.25) is 11.8 Å². The summed E-state index contributed by atoms with van der Waals surface area (Å²) in [6.45, 7) is 1.29. The number of amides is 2. The van der Waals surface area contributed by atoms with Crippen molar-refractivity contribution < 1.29 is 9.59 Å². The molecule has 4 N–H and O–H groups in total. The first-order valence-electron chi connectivity index (χ1n) is 7.42. The van der Waals surface area contributed by atoms with Crippen LogP contribution in [-0.2, 0) is 9.59 Å². The molecule has 1 atom stereocenters. The third kappa shape index (κ3) is 3.69. The SMILES string of the molecule is NCC1(CC(=O)NC2CCCNC2=O)CCCCC1. The molecule has 1 saturated carbocycles. The van der Waals surface area contributed by atoms with Gasteiger partial charge in [-0.05, 0) is 37.6 Å². The predicted molar refractivity (Wildman–Crippen MR) is 73.4 cm³/mol. The van der Waals surface area contributed by atoms with Gasteiger partial charge in [-0.2, -0.15) is 0 Å². The van der Waals surface area contributed by atoms with Crippen LogP contribution in [0, 0.1) is 5.41 Å². The molecule has 5 nitrogen and oxygen atoms in total. The normalized spacial score (nSPS) is 26.6. The second kappa shape index (κ2) is 6.37. The lowest BCUT2D eigenvalue weighted by atomic mass is 9.71. The van der Waals surface area contributed by atoms with Crippen LogP contribution in [0.1, 0.15) is 51.4 Å². The molecule has 1 saturated heterocycles. The van der Waals surface area contributed by atoms with Crippen LogP contribution >= 0.6 is 0 Å². The molecule has 2 fully saturated rings. The van der Waals surface area contributed by atoms with Crippen LogP contribution in [0.3, 0.4) is 0 Å². The molecule has 0 aromatic rings. The Balaban J connectivity index is 1.87. The molecule has 2 rings (SSSR count). The van der Waals surface area contributed by atoms with Crippen LogP contribution in [0.25, 0.3) is 0 Å². The average Bonchev–Trinajstić information content (AvgIpc) is 2.42. The number of hydrogen-bond acceptors (Lipinski definition) is 3. The van der Waals surface area contributed by atoms with E-state index >= 15 is 0 Å². The van der Waals surface area contributed by atoms with Gasteiger partial charge in [-0.3, -0.25) is 9.59 Å². The maximum absolute atomic E-state index is 12.1. The Bertz CT molecular complexity index is 338. The second-order valence-electron chi connectivity index (χ2n) is 5.99. The average molecular weight is 267 g/mol. The summed E-state index contributed by atoms with van der Waals surface area (Å²) in [5.74, 6) is -0.0700. The highest BCUT2D eigenvalue weighted by molar-refractivity contribution is 5.88. The van der Waals surface area contributed by atoms with Gasteiger partial charge in [0.15, 0.2) is 0 Å². The van der Waals surface area contributed by atoms with E-state index in [1.807, 2.05) is 0 Å². The molecule has 5 heteroatoms. The van der Waals surface area contributed by atoms with Crippen molar-refractivity contribution in [3.63, 3.8) is 0 Å². The quantitative estimate of drug-likeness (QED) is 0.700. The van der Waals surface area contributed by atoms with Gasteiger partial charge in [0.25, 0.3) is 0 Å². The summed E-state index contributed by atoms with van der Waals surface area (Å²) in [6.07, 6.45) is 7.78. The molecule has 0 aromatic heterocycles. The van der Waals surface area contributed by atoms with Crippen LogP contribution in [0.4, 0.5) is 0 Å². The first kappa shape index (κ1) is 14.3. The van der Waals surface area contributed by atoms with Crippen LogP contribution in [0.2, 0.25) is 0 Å². The summed E-state index contributed by atoms with van der Waals surface area (Å²) in [5.41, 5.74) is 5.85. The van der Waals surface area contributed by atoms with Crippen molar-refractivity contribution in [3.05, 3.63) is 0 Å². The molecule has 19 heavy (non-hydrogen) atoms. The zero-order chi connectivity index (χ0) is 13.7. The smallest absolute Gasteiger partial charge is 0.242 e. The highest BCUT2D eigenvalue weighted by Crippen LogP contribution is 2.38. The molecular formula is C14H25N3O2. The standard InChI is InChI=1S/C14H25N3O2/c15-10-14(6-2-1-3-7-14)9-12(18)17-11-5-4-8-16-13(11)19/h11H,1-10,15H2,(H,16,19)(H,17,18). The fourth-order valence-electron chi connectivity index (χ4n) is 3.25. The number of piperidine rings is 1. The summed E-state index contributed by atoms with van der Waals surface area (Å²) >= 11 is 0. The van der Waals surface area contributed by atoms with E-state index < -0.39 is 0 Å². The molecular weight excluding hydrogens is 242 g/mol. The van der Waals surface area contributed by atoms with E-state index in [0.717, 1.165) is 45.1 Å². The molecule has 0 spiro atoms. The number of carbonyl (C=O) groups is 2. The fraction of sp³-hybridized carbons (Fsp3) is 0.857. The van der Waals surface area contributed by atoms with E-state index in [1.165, 1.54) is 6.42 Å². The van der Waals surface area contributed by atoms with Gasteiger partial charge >= 0.3 is 0 Å². The summed E-state index contributed by atoms with van der Waals surface area (Å²) in [6, 6.07) is -0.348. The Morgan fingerprint density at radius 1 is 1.32 bits per heavy atom. The maximum Gasteiger partial charge on any atom is 0.242 e. The van der Waals surface area contributed by atoms with Gasteiger partial charge in [-0.1, -0.05) is 19.3 Å². The van der Waals surface area contributed by atoms with Crippen LogP contribution in [0.5, 0.6) is 0 Å². The van der Waals surface area contributed by atoms with Crippen molar-refractivity contribution in [2.24, 2.45) is 11.1 Å². The van der Waals surface area contributed by atoms with Crippen LogP contribution in [0.15, 0.2) is 0 Å². The molecule has 0 bridgehead atoms. The highest BCUT2D eigenvalue weighted by Gasteiger charge is 2.34. The molecule has 2 amide bonds. The second-order valence-corrected chi connectivity index (χ2v) is 5.99. The number of carbonyl (C=O) groups excluding carboxylic acids is 2. The number of rotatable bonds is 4. The Morgan fingerprint density at radius 3 is 2.68 bits per heavy atom. The molecule has 1 heterocycles. The van der Waals surface area contributed by atoms with Gasteiger partial charge in [-0.25, -0.2) is 0 Å². The maximum atomic E-state index is 12.1.